The Kier molecular flexibility index (Phi) is 3.31. The van der Waals surface area contributed by atoms with E-state index in [4.69, 9.17) is 0 Å². The molecular weight excluding hydrogens is 319 g/mol. The van der Waals surface area contributed by atoms with Crippen LogP contribution in [-0.4, -0.2) is 30.3 Å². The first-order chi connectivity index (χ1) is 11.2. The summed E-state index contributed by atoms with van der Waals surface area (Å²) in [4.78, 5) is 8.99. The number of thiazole rings is 1. The van der Waals surface area contributed by atoms with Gasteiger partial charge in [-0.1, -0.05) is 17.2 Å². The number of aliphatic hydroxyl groups excluding tert-OH is 1. The monoisotopic (exact) mass is 332 g/mol. The largest absolute Gasteiger partial charge is 0.392 e. The molecule has 118 valence electrons. The third-order valence-corrected chi connectivity index (χ3v) is 4.82. The van der Waals surface area contributed by atoms with Crippen molar-refractivity contribution in [2.45, 2.75) is 19.7 Å². The Bertz CT molecular complexity index is 853. The number of hydrogen-bond acceptors (Lipinski definition) is 7. The molecule has 3 aromatic rings. The second-order valence-electron chi connectivity index (χ2n) is 5.26. The third-order valence-electron chi connectivity index (χ3n) is 3.72. The Morgan fingerprint density at radius 2 is 2.22 bits per heavy atom. The van der Waals surface area contributed by atoms with Gasteiger partial charge in [0.15, 0.2) is 0 Å². The molecule has 0 bridgehead atoms. The first-order valence-electron chi connectivity index (χ1n) is 7.02. The lowest BCUT2D eigenvalue weighted by atomic mass is 10.1. The van der Waals surface area contributed by atoms with E-state index < -0.39 is 0 Å². The molecule has 0 spiro atoms. The Morgan fingerprint density at radius 1 is 1.35 bits per heavy atom. The van der Waals surface area contributed by atoms with Gasteiger partial charge in [-0.05, 0) is 16.8 Å². The standard InChI is InChI=1S/C14H13FN6OS/c1-20-18-14(17-19-20)21-5-10-11(6-21)23-13(16-10)12-8(7-22)3-2-4-9(12)15/h2-4,22H,5-7H2,1H3. The fourth-order valence-electron chi connectivity index (χ4n) is 2.63. The van der Waals surface area contributed by atoms with Crippen LogP contribution in [0.2, 0.25) is 0 Å². The summed E-state index contributed by atoms with van der Waals surface area (Å²) in [6.07, 6.45) is 0. The molecule has 0 saturated carbocycles. The second kappa shape index (κ2) is 5.36. The average Bonchev–Trinajstić information content (AvgIpc) is 3.20. The van der Waals surface area contributed by atoms with Gasteiger partial charge in [0.2, 0.25) is 0 Å². The lowest BCUT2D eigenvalue weighted by Crippen LogP contribution is -2.16. The van der Waals surface area contributed by atoms with Gasteiger partial charge < -0.3 is 10.0 Å². The van der Waals surface area contributed by atoms with Crippen molar-refractivity contribution in [3.63, 3.8) is 0 Å². The molecule has 1 N–H and O–H groups in total. The Balaban J connectivity index is 1.66. The average molecular weight is 332 g/mol. The van der Waals surface area contributed by atoms with Crippen LogP contribution in [0, 0.1) is 5.82 Å². The van der Waals surface area contributed by atoms with Crippen molar-refractivity contribution in [3.05, 3.63) is 40.2 Å². The summed E-state index contributed by atoms with van der Waals surface area (Å²) in [6, 6.07) is 4.69. The molecule has 0 aliphatic carbocycles. The van der Waals surface area contributed by atoms with Crippen molar-refractivity contribution in [1.82, 2.24) is 25.2 Å². The SMILES string of the molecule is Cn1nnc(N2Cc3nc(-c4c(F)cccc4CO)sc3C2)n1. The number of aromatic nitrogens is 5. The Labute approximate surface area is 135 Å². The molecule has 0 amide bonds. The van der Waals surface area contributed by atoms with E-state index in [9.17, 15) is 9.50 Å². The van der Waals surface area contributed by atoms with Crippen LogP contribution in [-0.2, 0) is 26.7 Å². The molecular formula is C14H13FN6OS. The summed E-state index contributed by atoms with van der Waals surface area (Å²) in [6.45, 7) is 0.981. The number of anilines is 1. The fourth-order valence-corrected chi connectivity index (χ4v) is 3.80. The van der Waals surface area contributed by atoms with Gasteiger partial charge in [-0.3, -0.25) is 0 Å². The van der Waals surface area contributed by atoms with E-state index in [-0.39, 0.29) is 12.4 Å². The topological polar surface area (TPSA) is 80.0 Å². The van der Waals surface area contributed by atoms with Gasteiger partial charge >= 0.3 is 0 Å². The number of aliphatic hydroxyl groups is 1. The van der Waals surface area contributed by atoms with E-state index in [0.717, 1.165) is 10.6 Å². The number of halogens is 1. The van der Waals surface area contributed by atoms with Gasteiger partial charge in [0, 0.05) is 4.88 Å². The number of tetrazole rings is 1. The maximum absolute atomic E-state index is 14.1. The van der Waals surface area contributed by atoms with Crippen molar-refractivity contribution in [2.24, 2.45) is 7.05 Å². The molecule has 0 fully saturated rings. The normalized spacial score (nSPS) is 13.6. The number of nitrogens with zero attached hydrogens (tertiary/aromatic N) is 6. The van der Waals surface area contributed by atoms with Crippen LogP contribution in [0.5, 0.6) is 0 Å². The van der Waals surface area contributed by atoms with Crippen LogP contribution in [0.15, 0.2) is 18.2 Å². The molecule has 1 aliphatic rings. The van der Waals surface area contributed by atoms with E-state index in [2.05, 4.69) is 20.4 Å². The zero-order chi connectivity index (χ0) is 16.0. The number of benzene rings is 1. The maximum atomic E-state index is 14.1. The van der Waals surface area contributed by atoms with Gasteiger partial charge in [-0.25, -0.2) is 9.37 Å². The summed E-state index contributed by atoms with van der Waals surface area (Å²) in [7, 11) is 1.72. The van der Waals surface area contributed by atoms with Gasteiger partial charge in [0.25, 0.3) is 5.95 Å². The van der Waals surface area contributed by atoms with Gasteiger partial charge in [0.05, 0.1) is 38.0 Å². The predicted octanol–water partition coefficient (Wildman–Crippen LogP) is 1.49. The minimum atomic E-state index is -0.364. The van der Waals surface area contributed by atoms with Crippen molar-refractivity contribution in [2.75, 3.05) is 4.90 Å². The minimum Gasteiger partial charge on any atom is -0.392 e. The fraction of sp³-hybridized carbons (Fsp3) is 0.286. The van der Waals surface area contributed by atoms with Crippen molar-refractivity contribution < 1.29 is 9.50 Å². The molecule has 0 saturated heterocycles. The highest BCUT2D eigenvalue weighted by atomic mass is 32.1. The first kappa shape index (κ1) is 14.2. The van der Waals surface area contributed by atoms with E-state index in [1.807, 2.05) is 4.90 Å². The summed E-state index contributed by atoms with van der Waals surface area (Å²) < 4.78 is 14.1. The van der Waals surface area contributed by atoms with Crippen LogP contribution in [0.1, 0.15) is 16.1 Å². The highest BCUT2D eigenvalue weighted by molar-refractivity contribution is 7.15. The number of hydrogen-bond donors (Lipinski definition) is 1. The number of fused-ring (bicyclic) bond motifs is 1. The zero-order valence-electron chi connectivity index (χ0n) is 12.3. The van der Waals surface area contributed by atoms with E-state index >= 15 is 0 Å². The van der Waals surface area contributed by atoms with Crippen LogP contribution >= 0.6 is 11.3 Å². The lowest BCUT2D eigenvalue weighted by Gasteiger charge is -2.11. The Morgan fingerprint density at radius 3 is 2.91 bits per heavy atom. The predicted molar refractivity (Wildman–Crippen MR) is 82.1 cm³/mol. The van der Waals surface area contributed by atoms with Gasteiger partial charge in [-0.2, -0.15) is 4.80 Å². The van der Waals surface area contributed by atoms with Crippen LogP contribution in [0.3, 0.4) is 0 Å². The first-order valence-corrected chi connectivity index (χ1v) is 7.83. The molecule has 23 heavy (non-hydrogen) atoms. The molecule has 7 nitrogen and oxygen atoms in total. The minimum absolute atomic E-state index is 0.215. The second-order valence-corrected chi connectivity index (χ2v) is 6.34. The third kappa shape index (κ3) is 2.37. The molecule has 9 heteroatoms. The van der Waals surface area contributed by atoms with Crippen molar-refractivity contribution >= 4 is 17.3 Å². The molecule has 3 heterocycles. The van der Waals surface area contributed by atoms with Crippen molar-refractivity contribution in [1.29, 1.82) is 0 Å². The van der Waals surface area contributed by atoms with Crippen LogP contribution in [0.4, 0.5) is 10.3 Å². The van der Waals surface area contributed by atoms with Gasteiger partial charge in [-0.15, -0.1) is 16.4 Å². The molecule has 0 unspecified atom stereocenters. The Hall–Kier alpha value is -2.39. The van der Waals surface area contributed by atoms with Gasteiger partial charge in [0.1, 0.15) is 10.8 Å². The van der Waals surface area contributed by atoms with Crippen LogP contribution < -0.4 is 4.90 Å². The maximum Gasteiger partial charge on any atom is 0.266 e. The van der Waals surface area contributed by atoms with E-state index in [1.165, 1.54) is 22.2 Å². The molecule has 0 atom stereocenters. The van der Waals surface area contributed by atoms with E-state index in [1.54, 1.807) is 19.2 Å². The molecule has 1 aliphatic heterocycles. The lowest BCUT2D eigenvalue weighted by molar-refractivity contribution is 0.282. The number of aryl methyl sites for hydroxylation is 1. The van der Waals surface area contributed by atoms with Crippen molar-refractivity contribution in [3.8, 4) is 10.6 Å². The highest BCUT2D eigenvalue weighted by Crippen LogP contribution is 2.37. The summed E-state index contributed by atoms with van der Waals surface area (Å²) in [5, 5.41) is 22.0. The smallest absolute Gasteiger partial charge is 0.266 e. The van der Waals surface area contributed by atoms with Crippen LogP contribution in [0.25, 0.3) is 10.6 Å². The summed E-state index contributed by atoms with van der Waals surface area (Å²) in [5.41, 5.74) is 1.83. The number of rotatable bonds is 3. The summed E-state index contributed by atoms with van der Waals surface area (Å²) >= 11 is 1.44. The highest BCUT2D eigenvalue weighted by Gasteiger charge is 2.27. The van der Waals surface area contributed by atoms with E-state index in [0.29, 0.717) is 35.2 Å². The molecule has 1 aromatic carbocycles. The molecule has 4 rings (SSSR count). The molecule has 2 aromatic heterocycles. The molecule has 0 radical (unpaired) electrons. The summed E-state index contributed by atoms with van der Waals surface area (Å²) in [5.74, 6) is 0.192. The quantitative estimate of drug-likeness (QED) is 0.783. The zero-order valence-corrected chi connectivity index (χ0v) is 13.1.